The summed E-state index contributed by atoms with van der Waals surface area (Å²) in [5.41, 5.74) is 1.63. The van der Waals surface area contributed by atoms with Gasteiger partial charge in [0.1, 0.15) is 5.75 Å². The fourth-order valence-electron chi connectivity index (χ4n) is 3.76. The Morgan fingerprint density at radius 1 is 1.16 bits per heavy atom. The Morgan fingerprint density at radius 2 is 1.94 bits per heavy atom. The van der Waals surface area contributed by atoms with Crippen molar-refractivity contribution in [3.8, 4) is 5.75 Å². The summed E-state index contributed by atoms with van der Waals surface area (Å²) in [5.74, 6) is 0.698. The van der Waals surface area contributed by atoms with Crippen molar-refractivity contribution >= 4 is 16.8 Å². The third-order valence-corrected chi connectivity index (χ3v) is 5.54. The van der Waals surface area contributed by atoms with E-state index >= 15 is 0 Å². The average Bonchev–Trinajstić information content (AvgIpc) is 2.81. The lowest BCUT2D eigenvalue weighted by Gasteiger charge is -2.30. The molecular weight excluding hydrogens is 392 g/mol. The Labute approximate surface area is 182 Å². The summed E-state index contributed by atoms with van der Waals surface area (Å²) in [6.07, 6.45) is 1.72. The van der Waals surface area contributed by atoms with Crippen molar-refractivity contribution in [2.24, 2.45) is 0 Å². The lowest BCUT2D eigenvalue weighted by molar-refractivity contribution is -0.121. The second kappa shape index (κ2) is 10.7. The molecule has 1 atom stereocenters. The first-order chi connectivity index (χ1) is 15.1. The highest BCUT2D eigenvalue weighted by Gasteiger charge is 2.19. The van der Waals surface area contributed by atoms with Crippen LogP contribution in [0.15, 0.2) is 59.7 Å². The summed E-state index contributed by atoms with van der Waals surface area (Å²) in [6.45, 7) is 6.73. The van der Waals surface area contributed by atoms with Gasteiger partial charge in [0.2, 0.25) is 5.91 Å². The lowest BCUT2D eigenvalue weighted by atomic mass is 10.0. The number of amides is 1. The van der Waals surface area contributed by atoms with Gasteiger partial charge in [0, 0.05) is 19.5 Å². The SMILES string of the molecule is CCN(CC)C(CNC(=O)CCn1cnc2ccccc2c1=O)c1cccc(OC)c1. The average molecular weight is 423 g/mol. The van der Waals surface area contributed by atoms with Gasteiger partial charge in [0.05, 0.1) is 30.4 Å². The maximum absolute atomic E-state index is 12.6. The van der Waals surface area contributed by atoms with Crippen molar-refractivity contribution in [3.63, 3.8) is 0 Å². The van der Waals surface area contributed by atoms with E-state index in [-0.39, 0.29) is 30.5 Å². The van der Waals surface area contributed by atoms with Crippen LogP contribution >= 0.6 is 0 Å². The quantitative estimate of drug-likeness (QED) is 0.544. The number of aromatic nitrogens is 2. The molecule has 3 rings (SSSR count). The molecule has 0 saturated carbocycles. The highest BCUT2D eigenvalue weighted by atomic mass is 16.5. The Morgan fingerprint density at radius 3 is 2.68 bits per heavy atom. The molecule has 0 radical (unpaired) electrons. The van der Waals surface area contributed by atoms with Crippen LogP contribution < -0.4 is 15.6 Å². The number of ether oxygens (including phenoxy) is 1. The van der Waals surface area contributed by atoms with Gasteiger partial charge in [-0.15, -0.1) is 0 Å². The smallest absolute Gasteiger partial charge is 0.261 e. The van der Waals surface area contributed by atoms with Crippen LogP contribution in [0.2, 0.25) is 0 Å². The second-order valence-electron chi connectivity index (χ2n) is 7.33. The van der Waals surface area contributed by atoms with Crippen LogP contribution in [0.4, 0.5) is 0 Å². The molecule has 164 valence electrons. The van der Waals surface area contributed by atoms with Gasteiger partial charge in [-0.1, -0.05) is 38.1 Å². The summed E-state index contributed by atoms with van der Waals surface area (Å²) in [5, 5.41) is 3.60. The molecule has 1 aromatic heterocycles. The van der Waals surface area contributed by atoms with Crippen LogP contribution in [0.3, 0.4) is 0 Å². The van der Waals surface area contributed by atoms with Crippen molar-refractivity contribution < 1.29 is 9.53 Å². The zero-order valence-corrected chi connectivity index (χ0v) is 18.4. The minimum absolute atomic E-state index is 0.0408. The molecule has 0 aliphatic heterocycles. The van der Waals surface area contributed by atoms with Crippen molar-refractivity contribution in [3.05, 3.63) is 70.8 Å². The van der Waals surface area contributed by atoms with Gasteiger partial charge in [-0.25, -0.2) is 4.98 Å². The first-order valence-corrected chi connectivity index (χ1v) is 10.7. The second-order valence-corrected chi connectivity index (χ2v) is 7.33. The minimum atomic E-state index is -0.129. The van der Waals surface area contributed by atoms with Gasteiger partial charge in [0.15, 0.2) is 0 Å². The summed E-state index contributed by atoms with van der Waals surface area (Å²) in [6, 6.07) is 15.2. The van der Waals surface area contributed by atoms with Gasteiger partial charge in [0.25, 0.3) is 5.56 Å². The van der Waals surface area contributed by atoms with Crippen LogP contribution in [0.5, 0.6) is 5.75 Å². The number of nitrogens with zero attached hydrogens (tertiary/aromatic N) is 3. The number of hydrogen-bond acceptors (Lipinski definition) is 5. The minimum Gasteiger partial charge on any atom is -0.497 e. The van der Waals surface area contributed by atoms with Crippen molar-refractivity contribution in [2.75, 3.05) is 26.7 Å². The monoisotopic (exact) mass is 422 g/mol. The number of benzene rings is 2. The maximum Gasteiger partial charge on any atom is 0.261 e. The van der Waals surface area contributed by atoms with Gasteiger partial charge >= 0.3 is 0 Å². The number of rotatable bonds is 10. The third kappa shape index (κ3) is 5.49. The molecule has 0 aliphatic carbocycles. The molecule has 0 aliphatic rings. The number of para-hydroxylation sites is 1. The third-order valence-electron chi connectivity index (χ3n) is 5.54. The van der Waals surface area contributed by atoms with E-state index in [1.54, 1.807) is 19.2 Å². The van der Waals surface area contributed by atoms with E-state index in [0.717, 1.165) is 24.4 Å². The number of likely N-dealkylation sites (N-methyl/N-ethyl adjacent to an activating group) is 1. The first-order valence-electron chi connectivity index (χ1n) is 10.7. The van der Waals surface area contributed by atoms with Crippen LogP contribution in [-0.4, -0.2) is 47.1 Å². The molecule has 1 amide bonds. The number of carbonyl (C=O) groups is 1. The fourth-order valence-corrected chi connectivity index (χ4v) is 3.76. The maximum atomic E-state index is 12.6. The van der Waals surface area contributed by atoms with Gasteiger partial charge in [-0.3, -0.25) is 19.1 Å². The Kier molecular flexibility index (Phi) is 7.78. The number of carbonyl (C=O) groups excluding carboxylic acids is 1. The number of fused-ring (bicyclic) bond motifs is 1. The molecule has 3 aromatic rings. The molecule has 0 bridgehead atoms. The van der Waals surface area contributed by atoms with Gasteiger partial charge in [-0.2, -0.15) is 0 Å². The topological polar surface area (TPSA) is 76.5 Å². The predicted molar refractivity (Wildman–Crippen MR) is 122 cm³/mol. The van der Waals surface area contributed by atoms with Crippen LogP contribution in [0.25, 0.3) is 10.9 Å². The van der Waals surface area contributed by atoms with Crippen LogP contribution in [0, 0.1) is 0 Å². The summed E-state index contributed by atoms with van der Waals surface area (Å²) in [4.78, 5) is 31.8. The normalized spacial score (nSPS) is 12.1. The molecule has 1 unspecified atom stereocenters. The highest BCUT2D eigenvalue weighted by Crippen LogP contribution is 2.23. The first kappa shape index (κ1) is 22.5. The van der Waals surface area contributed by atoms with E-state index in [1.807, 2.05) is 30.3 Å². The number of aryl methyl sites for hydroxylation is 1. The number of nitrogens with one attached hydrogen (secondary N) is 1. The van der Waals surface area contributed by atoms with E-state index in [9.17, 15) is 9.59 Å². The molecule has 31 heavy (non-hydrogen) atoms. The van der Waals surface area contributed by atoms with Crippen molar-refractivity contribution in [1.82, 2.24) is 19.8 Å². The molecule has 0 spiro atoms. The van der Waals surface area contributed by atoms with Gasteiger partial charge < -0.3 is 10.1 Å². The zero-order valence-electron chi connectivity index (χ0n) is 18.4. The lowest BCUT2D eigenvalue weighted by Crippen LogP contribution is -2.38. The molecular formula is C24H30N4O3. The molecule has 1 heterocycles. The van der Waals surface area contributed by atoms with E-state index in [2.05, 4.69) is 35.1 Å². The zero-order chi connectivity index (χ0) is 22.2. The van der Waals surface area contributed by atoms with Crippen molar-refractivity contribution in [2.45, 2.75) is 32.9 Å². The molecule has 7 nitrogen and oxygen atoms in total. The summed E-state index contributed by atoms with van der Waals surface area (Å²) in [7, 11) is 1.65. The standard InChI is InChI=1S/C24H30N4O3/c1-4-27(5-2)22(18-9-8-10-19(15-18)31-3)16-25-23(29)13-14-28-17-26-21-12-7-6-11-20(21)24(28)30/h6-12,15,17,22H,4-5,13-14,16H2,1-3H3,(H,25,29). The summed E-state index contributed by atoms with van der Waals surface area (Å²) >= 11 is 0. The van der Waals surface area contributed by atoms with E-state index in [4.69, 9.17) is 4.74 Å². The van der Waals surface area contributed by atoms with E-state index in [1.165, 1.54) is 10.9 Å². The Balaban J connectivity index is 1.65. The molecule has 7 heteroatoms. The highest BCUT2D eigenvalue weighted by molar-refractivity contribution is 5.77. The largest absolute Gasteiger partial charge is 0.497 e. The van der Waals surface area contributed by atoms with Gasteiger partial charge in [-0.05, 0) is 42.9 Å². The summed E-state index contributed by atoms with van der Waals surface area (Å²) < 4.78 is 6.85. The number of hydrogen-bond donors (Lipinski definition) is 1. The molecule has 2 aromatic carbocycles. The van der Waals surface area contributed by atoms with Crippen LogP contribution in [0.1, 0.15) is 31.9 Å². The van der Waals surface area contributed by atoms with E-state index in [0.29, 0.717) is 17.4 Å². The van der Waals surface area contributed by atoms with E-state index < -0.39 is 0 Å². The Bertz CT molecular complexity index is 1080. The Hall–Kier alpha value is -3.19. The molecule has 0 fully saturated rings. The molecule has 0 saturated heterocycles. The predicted octanol–water partition coefficient (Wildman–Crippen LogP) is 2.99. The van der Waals surface area contributed by atoms with Crippen molar-refractivity contribution in [1.29, 1.82) is 0 Å². The fraction of sp³-hybridized carbons (Fsp3) is 0.375. The van der Waals surface area contributed by atoms with Crippen LogP contribution in [-0.2, 0) is 11.3 Å². The number of methoxy groups -OCH3 is 1. The molecule has 1 N–H and O–H groups in total.